The summed E-state index contributed by atoms with van der Waals surface area (Å²) in [6.45, 7) is 0.444. The molecule has 0 spiro atoms. The van der Waals surface area contributed by atoms with Crippen molar-refractivity contribution in [3.05, 3.63) is 72.3 Å². The van der Waals surface area contributed by atoms with Crippen LogP contribution in [-0.4, -0.2) is 27.0 Å². The van der Waals surface area contributed by atoms with Crippen molar-refractivity contribution in [2.75, 3.05) is 7.11 Å². The summed E-state index contributed by atoms with van der Waals surface area (Å²) in [5.41, 5.74) is 4.92. The van der Waals surface area contributed by atoms with E-state index < -0.39 is 0 Å². The Morgan fingerprint density at radius 3 is 2.59 bits per heavy atom. The third kappa shape index (κ3) is 3.74. The Morgan fingerprint density at radius 1 is 1.00 bits per heavy atom. The van der Waals surface area contributed by atoms with E-state index in [-0.39, 0.29) is 0 Å². The van der Waals surface area contributed by atoms with Crippen molar-refractivity contribution in [3.63, 3.8) is 0 Å². The third-order valence-electron chi connectivity index (χ3n) is 5.05. The normalized spacial score (nSPS) is 13.4. The molecule has 1 fully saturated rings. The van der Waals surface area contributed by atoms with Crippen molar-refractivity contribution in [2.45, 2.75) is 25.4 Å². The molecule has 0 radical (unpaired) electrons. The van der Waals surface area contributed by atoms with Gasteiger partial charge in [-0.1, -0.05) is 6.07 Å². The molecule has 6 heteroatoms. The zero-order valence-electron chi connectivity index (χ0n) is 16.1. The quantitative estimate of drug-likeness (QED) is 0.486. The van der Waals surface area contributed by atoms with E-state index >= 15 is 0 Å². The van der Waals surface area contributed by atoms with E-state index in [1.54, 1.807) is 25.7 Å². The van der Waals surface area contributed by atoms with Crippen LogP contribution in [0.3, 0.4) is 0 Å². The molecular formula is C23H20N4O2. The van der Waals surface area contributed by atoms with Gasteiger partial charge in [-0.15, -0.1) is 0 Å². The summed E-state index contributed by atoms with van der Waals surface area (Å²) in [6, 6.07) is 14.4. The molecule has 3 aromatic heterocycles. The van der Waals surface area contributed by atoms with Crippen LogP contribution in [0, 0.1) is 0 Å². The standard InChI is InChI=1S/C23H20N4O2/c1-28-23-25-12-16(13-26-23)22-11-19(15-5-6-15)20-10-18(7-8-21(20)27-22)29-14-17-4-2-3-9-24-17/h2-4,7-13,15H,5-6,14H2,1H3. The molecule has 0 bridgehead atoms. The second kappa shape index (κ2) is 7.47. The molecule has 3 heterocycles. The van der Waals surface area contributed by atoms with Gasteiger partial charge in [-0.25, -0.2) is 15.0 Å². The fraction of sp³-hybridized carbons (Fsp3) is 0.217. The zero-order chi connectivity index (χ0) is 19.6. The SMILES string of the molecule is COc1ncc(-c2cc(C3CC3)c3cc(OCc4ccccn4)ccc3n2)cn1. The summed E-state index contributed by atoms with van der Waals surface area (Å²) >= 11 is 0. The molecule has 29 heavy (non-hydrogen) atoms. The largest absolute Gasteiger partial charge is 0.487 e. The van der Waals surface area contributed by atoms with E-state index in [0.29, 0.717) is 18.5 Å². The minimum absolute atomic E-state index is 0.353. The Labute approximate surface area is 168 Å². The first kappa shape index (κ1) is 17.6. The summed E-state index contributed by atoms with van der Waals surface area (Å²) in [5, 5.41) is 1.14. The number of hydrogen-bond donors (Lipinski definition) is 0. The van der Waals surface area contributed by atoms with Crippen LogP contribution in [0.25, 0.3) is 22.2 Å². The molecule has 6 nitrogen and oxygen atoms in total. The maximum absolute atomic E-state index is 5.97. The molecule has 1 aliphatic carbocycles. The molecule has 1 aliphatic rings. The Balaban J connectivity index is 1.49. The van der Waals surface area contributed by atoms with E-state index in [4.69, 9.17) is 14.5 Å². The number of rotatable bonds is 6. The summed E-state index contributed by atoms with van der Waals surface area (Å²) in [7, 11) is 1.56. The lowest BCUT2D eigenvalue weighted by atomic mass is 10.0. The Kier molecular flexibility index (Phi) is 4.52. The number of benzene rings is 1. The van der Waals surface area contributed by atoms with Crippen LogP contribution in [0.5, 0.6) is 11.8 Å². The lowest BCUT2D eigenvalue weighted by Crippen LogP contribution is -1.98. The first-order chi connectivity index (χ1) is 14.3. The van der Waals surface area contributed by atoms with Gasteiger partial charge in [0, 0.05) is 29.5 Å². The number of hydrogen-bond acceptors (Lipinski definition) is 6. The molecule has 5 rings (SSSR count). The maximum atomic E-state index is 5.97. The summed E-state index contributed by atoms with van der Waals surface area (Å²) in [5.74, 6) is 1.40. The number of pyridine rings is 2. The highest BCUT2D eigenvalue weighted by atomic mass is 16.5. The van der Waals surface area contributed by atoms with E-state index in [0.717, 1.165) is 33.6 Å². The lowest BCUT2D eigenvalue weighted by molar-refractivity contribution is 0.302. The van der Waals surface area contributed by atoms with Crippen molar-refractivity contribution in [1.82, 2.24) is 19.9 Å². The summed E-state index contributed by atoms with van der Waals surface area (Å²) in [6.07, 6.45) is 7.69. The van der Waals surface area contributed by atoms with Gasteiger partial charge >= 0.3 is 6.01 Å². The second-order valence-corrected chi connectivity index (χ2v) is 7.12. The third-order valence-corrected chi connectivity index (χ3v) is 5.05. The average molecular weight is 384 g/mol. The highest BCUT2D eigenvalue weighted by molar-refractivity contribution is 5.87. The molecule has 4 aromatic rings. The first-order valence-corrected chi connectivity index (χ1v) is 9.64. The maximum Gasteiger partial charge on any atom is 0.316 e. The van der Waals surface area contributed by atoms with Gasteiger partial charge in [0.25, 0.3) is 0 Å². The Morgan fingerprint density at radius 2 is 1.86 bits per heavy atom. The average Bonchev–Trinajstić information content (AvgIpc) is 3.63. The predicted molar refractivity (Wildman–Crippen MR) is 110 cm³/mol. The fourth-order valence-corrected chi connectivity index (χ4v) is 3.40. The Bertz CT molecular complexity index is 1140. The van der Waals surface area contributed by atoms with Gasteiger partial charge in [0.15, 0.2) is 0 Å². The van der Waals surface area contributed by atoms with Gasteiger partial charge < -0.3 is 9.47 Å². The van der Waals surface area contributed by atoms with Crippen molar-refractivity contribution in [2.24, 2.45) is 0 Å². The second-order valence-electron chi connectivity index (χ2n) is 7.12. The van der Waals surface area contributed by atoms with Gasteiger partial charge in [-0.05, 0) is 60.7 Å². The van der Waals surface area contributed by atoms with Crippen molar-refractivity contribution in [3.8, 4) is 23.0 Å². The van der Waals surface area contributed by atoms with Gasteiger partial charge in [0.05, 0.1) is 24.0 Å². The number of ether oxygens (including phenoxy) is 2. The van der Waals surface area contributed by atoms with Crippen LogP contribution in [0.4, 0.5) is 0 Å². The minimum Gasteiger partial charge on any atom is -0.487 e. The molecule has 0 aliphatic heterocycles. The van der Waals surface area contributed by atoms with Gasteiger partial charge in [0.1, 0.15) is 12.4 Å². The van der Waals surface area contributed by atoms with Crippen LogP contribution >= 0.6 is 0 Å². The molecule has 144 valence electrons. The van der Waals surface area contributed by atoms with Crippen molar-refractivity contribution < 1.29 is 9.47 Å². The summed E-state index contributed by atoms with van der Waals surface area (Å²) in [4.78, 5) is 17.6. The molecule has 0 atom stereocenters. The smallest absolute Gasteiger partial charge is 0.316 e. The minimum atomic E-state index is 0.353. The molecule has 0 amide bonds. The van der Waals surface area contributed by atoms with E-state index in [1.165, 1.54) is 18.4 Å². The number of methoxy groups -OCH3 is 1. The molecule has 0 N–H and O–H groups in total. The molecular weight excluding hydrogens is 364 g/mol. The molecule has 0 saturated heterocycles. The highest BCUT2D eigenvalue weighted by Crippen LogP contribution is 2.44. The van der Waals surface area contributed by atoms with Crippen LogP contribution in [0.15, 0.2) is 61.1 Å². The van der Waals surface area contributed by atoms with Gasteiger partial charge in [0.2, 0.25) is 0 Å². The van der Waals surface area contributed by atoms with Crippen LogP contribution in [-0.2, 0) is 6.61 Å². The van der Waals surface area contributed by atoms with E-state index in [9.17, 15) is 0 Å². The first-order valence-electron chi connectivity index (χ1n) is 9.64. The number of nitrogens with zero attached hydrogens (tertiary/aromatic N) is 4. The van der Waals surface area contributed by atoms with Crippen molar-refractivity contribution in [1.29, 1.82) is 0 Å². The van der Waals surface area contributed by atoms with Crippen LogP contribution in [0.1, 0.15) is 30.0 Å². The van der Waals surface area contributed by atoms with E-state index in [2.05, 4.69) is 27.1 Å². The monoisotopic (exact) mass is 384 g/mol. The molecule has 0 unspecified atom stereocenters. The number of fused-ring (bicyclic) bond motifs is 1. The predicted octanol–water partition coefficient (Wildman–Crippen LogP) is 4.55. The lowest BCUT2D eigenvalue weighted by Gasteiger charge is -2.12. The number of aromatic nitrogens is 4. The van der Waals surface area contributed by atoms with Crippen LogP contribution in [0.2, 0.25) is 0 Å². The van der Waals surface area contributed by atoms with Gasteiger partial charge in [-0.3, -0.25) is 4.98 Å². The fourth-order valence-electron chi connectivity index (χ4n) is 3.40. The van der Waals surface area contributed by atoms with E-state index in [1.807, 2.05) is 30.3 Å². The molecule has 1 saturated carbocycles. The Hall–Kier alpha value is -3.54. The molecule has 1 aromatic carbocycles. The van der Waals surface area contributed by atoms with Crippen molar-refractivity contribution >= 4 is 10.9 Å². The zero-order valence-corrected chi connectivity index (χ0v) is 16.1. The topological polar surface area (TPSA) is 70.0 Å². The van der Waals surface area contributed by atoms with Gasteiger partial charge in [-0.2, -0.15) is 0 Å². The van der Waals surface area contributed by atoms with Crippen LogP contribution < -0.4 is 9.47 Å². The highest BCUT2D eigenvalue weighted by Gasteiger charge is 2.26. The summed E-state index contributed by atoms with van der Waals surface area (Å²) < 4.78 is 11.0.